The third-order valence-electron chi connectivity index (χ3n) is 6.27. The third-order valence-corrected chi connectivity index (χ3v) is 6.27. The van der Waals surface area contributed by atoms with Crippen LogP contribution < -0.4 is 10.5 Å². The van der Waals surface area contributed by atoms with Crippen molar-refractivity contribution in [3.63, 3.8) is 0 Å². The van der Waals surface area contributed by atoms with Crippen LogP contribution in [0.15, 0.2) is 36.4 Å². The van der Waals surface area contributed by atoms with Gasteiger partial charge in [0.05, 0.1) is 18.2 Å². The van der Waals surface area contributed by atoms with Gasteiger partial charge in [-0.1, -0.05) is 38.5 Å². The van der Waals surface area contributed by atoms with Crippen LogP contribution in [0.4, 0.5) is 0 Å². The first-order chi connectivity index (χ1) is 12.4. The van der Waals surface area contributed by atoms with Crippen LogP contribution in [0.5, 0.6) is 5.75 Å². The van der Waals surface area contributed by atoms with Crippen LogP contribution in [-0.2, 0) is 5.54 Å². The normalized spacial score (nSPS) is 24.2. The van der Waals surface area contributed by atoms with Crippen molar-refractivity contribution in [3.05, 3.63) is 42.0 Å². The van der Waals surface area contributed by atoms with Crippen LogP contribution in [0.3, 0.4) is 0 Å². The van der Waals surface area contributed by atoms with Crippen LogP contribution in [0.1, 0.15) is 58.4 Å². The number of nitrogens with two attached hydrogens (primary N) is 1. The second kappa shape index (κ2) is 7.98. The minimum atomic E-state index is -0.711. The lowest BCUT2D eigenvalue weighted by atomic mass is 9.79. The molecule has 1 aliphatic rings. The lowest BCUT2D eigenvalue weighted by Crippen LogP contribution is -2.36. The highest BCUT2D eigenvalue weighted by Crippen LogP contribution is 2.34. The maximum absolute atomic E-state index is 9.47. The summed E-state index contributed by atoms with van der Waals surface area (Å²) in [6.07, 6.45) is 6.51. The predicted molar refractivity (Wildman–Crippen MR) is 108 cm³/mol. The summed E-state index contributed by atoms with van der Waals surface area (Å²) >= 11 is 0. The minimum absolute atomic E-state index is 0.0704. The van der Waals surface area contributed by atoms with E-state index in [1.54, 1.807) is 0 Å². The SMILES string of the molecule is CCC(C)C1CCC(Oc2ccc3cc(C(C)(N)CO)ccc3c2)CC1. The first kappa shape index (κ1) is 19.2. The minimum Gasteiger partial charge on any atom is -0.490 e. The Morgan fingerprint density at radius 3 is 2.42 bits per heavy atom. The van der Waals surface area contributed by atoms with E-state index in [4.69, 9.17) is 10.5 Å². The Morgan fingerprint density at radius 1 is 1.12 bits per heavy atom. The van der Waals surface area contributed by atoms with E-state index in [1.165, 1.54) is 19.3 Å². The average molecular weight is 356 g/mol. The van der Waals surface area contributed by atoms with Gasteiger partial charge in [0.2, 0.25) is 0 Å². The third kappa shape index (κ3) is 4.21. The first-order valence-electron chi connectivity index (χ1n) is 10.0. The van der Waals surface area contributed by atoms with E-state index >= 15 is 0 Å². The molecule has 1 saturated carbocycles. The lowest BCUT2D eigenvalue weighted by molar-refractivity contribution is 0.113. The van der Waals surface area contributed by atoms with E-state index in [2.05, 4.69) is 44.2 Å². The summed E-state index contributed by atoms with van der Waals surface area (Å²) in [5.41, 5.74) is 6.39. The van der Waals surface area contributed by atoms with Gasteiger partial charge in [-0.05, 0) is 79.0 Å². The Labute approximate surface area is 157 Å². The summed E-state index contributed by atoms with van der Waals surface area (Å²) in [5, 5.41) is 11.7. The van der Waals surface area contributed by atoms with E-state index in [0.29, 0.717) is 6.10 Å². The highest BCUT2D eigenvalue weighted by atomic mass is 16.5. The molecule has 0 bridgehead atoms. The molecule has 1 aliphatic carbocycles. The van der Waals surface area contributed by atoms with E-state index in [-0.39, 0.29) is 6.61 Å². The number of ether oxygens (including phenoxy) is 1. The van der Waals surface area contributed by atoms with Crippen LogP contribution >= 0.6 is 0 Å². The van der Waals surface area contributed by atoms with Crippen LogP contribution in [-0.4, -0.2) is 17.8 Å². The van der Waals surface area contributed by atoms with Gasteiger partial charge in [0, 0.05) is 0 Å². The van der Waals surface area contributed by atoms with Crippen molar-refractivity contribution >= 4 is 10.8 Å². The molecule has 2 aromatic carbocycles. The molecule has 0 aromatic heterocycles. The lowest BCUT2D eigenvalue weighted by Gasteiger charge is -2.32. The number of rotatable bonds is 6. The highest BCUT2D eigenvalue weighted by Gasteiger charge is 2.25. The maximum atomic E-state index is 9.47. The summed E-state index contributed by atoms with van der Waals surface area (Å²) in [5.74, 6) is 2.65. The van der Waals surface area contributed by atoms with Crippen molar-refractivity contribution < 1.29 is 9.84 Å². The summed E-state index contributed by atoms with van der Waals surface area (Å²) in [7, 11) is 0. The van der Waals surface area contributed by atoms with Gasteiger partial charge in [0.15, 0.2) is 0 Å². The molecular formula is C23H33NO2. The fourth-order valence-corrected chi connectivity index (χ4v) is 4.04. The number of aliphatic hydroxyl groups excluding tert-OH is 1. The van der Waals surface area contributed by atoms with Crippen LogP contribution in [0.25, 0.3) is 10.8 Å². The molecule has 0 amide bonds. The predicted octanol–water partition coefficient (Wildman–Crippen LogP) is 4.99. The Hall–Kier alpha value is -1.58. The fourth-order valence-electron chi connectivity index (χ4n) is 4.04. The van der Waals surface area contributed by atoms with Gasteiger partial charge in [-0.2, -0.15) is 0 Å². The number of hydrogen-bond acceptors (Lipinski definition) is 3. The molecule has 26 heavy (non-hydrogen) atoms. The summed E-state index contributed by atoms with van der Waals surface area (Å²) in [4.78, 5) is 0. The average Bonchev–Trinajstić information content (AvgIpc) is 2.67. The molecule has 3 heteroatoms. The Kier molecular flexibility index (Phi) is 5.89. The molecule has 3 nitrogen and oxygen atoms in total. The van der Waals surface area contributed by atoms with Crippen molar-refractivity contribution in [1.29, 1.82) is 0 Å². The Bertz CT molecular complexity index is 732. The molecule has 0 spiro atoms. The second-order valence-corrected chi connectivity index (χ2v) is 8.34. The molecular weight excluding hydrogens is 322 g/mol. The van der Waals surface area contributed by atoms with Gasteiger partial charge in [0.1, 0.15) is 5.75 Å². The van der Waals surface area contributed by atoms with E-state index in [0.717, 1.165) is 46.8 Å². The number of benzene rings is 2. The van der Waals surface area contributed by atoms with Gasteiger partial charge in [-0.3, -0.25) is 0 Å². The molecule has 0 aliphatic heterocycles. The molecule has 3 N–H and O–H groups in total. The molecule has 1 fully saturated rings. The summed E-state index contributed by atoms with van der Waals surface area (Å²) in [6, 6.07) is 12.4. The number of fused-ring (bicyclic) bond motifs is 1. The van der Waals surface area contributed by atoms with Crippen molar-refractivity contribution in [2.45, 2.75) is 64.5 Å². The summed E-state index contributed by atoms with van der Waals surface area (Å²) in [6.45, 7) is 6.45. The van der Waals surface area contributed by atoms with Crippen LogP contribution in [0.2, 0.25) is 0 Å². The quantitative estimate of drug-likeness (QED) is 0.767. The van der Waals surface area contributed by atoms with Crippen molar-refractivity contribution in [1.82, 2.24) is 0 Å². The van der Waals surface area contributed by atoms with Gasteiger partial charge < -0.3 is 15.6 Å². The zero-order valence-corrected chi connectivity index (χ0v) is 16.4. The highest BCUT2D eigenvalue weighted by molar-refractivity contribution is 5.84. The topological polar surface area (TPSA) is 55.5 Å². The first-order valence-corrected chi connectivity index (χ1v) is 10.0. The maximum Gasteiger partial charge on any atom is 0.120 e. The summed E-state index contributed by atoms with van der Waals surface area (Å²) < 4.78 is 6.28. The van der Waals surface area contributed by atoms with E-state index < -0.39 is 5.54 Å². The second-order valence-electron chi connectivity index (χ2n) is 8.34. The molecule has 2 unspecified atom stereocenters. The van der Waals surface area contributed by atoms with Gasteiger partial charge in [-0.25, -0.2) is 0 Å². The van der Waals surface area contributed by atoms with Gasteiger partial charge in [-0.15, -0.1) is 0 Å². The molecule has 0 saturated heterocycles. The van der Waals surface area contributed by atoms with E-state index in [9.17, 15) is 5.11 Å². The zero-order valence-electron chi connectivity index (χ0n) is 16.4. The number of hydrogen-bond donors (Lipinski definition) is 2. The van der Waals surface area contributed by atoms with E-state index in [1.807, 2.05) is 13.0 Å². The molecule has 0 radical (unpaired) electrons. The van der Waals surface area contributed by atoms with Crippen molar-refractivity contribution in [2.24, 2.45) is 17.6 Å². The largest absolute Gasteiger partial charge is 0.490 e. The molecule has 142 valence electrons. The number of aliphatic hydroxyl groups is 1. The van der Waals surface area contributed by atoms with Gasteiger partial charge in [0.25, 0.3) is 0 Å². The van der Waals surface area contributed by atoms with Crippen LogP contribution in [0, 0.1) is 11.8 Å². The Morgan fingerprint density at radius 2 is 1.77 bits per heavy atom. The zero-order chi connectivity index (χ0) is 18.7. The molecule has 2 aromatic rings. The smallest absolute Gasteiger partial charge is 0.120 e. The molecule has 0 heterocycles. The van der Waals surface area contributed by atoms with Crippen molar-refractivity contribution in [3.8, 4) is 5.75 Å². The monoisotopic (exact) mass is 355 g/mol. The van der Waals surface area contributed by atoms with Crippen molar-refractivity contribution in [2.75, 3.05) is 6.61 Å². The standard InChI is InChI=1S/C23H33NO2/c1-4-16(2)17-6-10-21(11-7-17)26-22-12-8-18-13-20(23(3,24)15-25)9-5-19(18)14-22/h5,8-9,12-14,16-17,21,25H,4,6-7,10-11,15,24H2,1-3H3. The molecule has 3 rings (SSSR count). The molecule has 2 atom stereocenters. The fraction of sp³-hybridized carbons (Fsp3) is 0.565. The van der Waals surface area contributed by atoms with Gasteiger partial charge >= 0.3 is 0 Å². The Balaban J connectivity index is 1.68.